The molecular formula is C22H23ClFN7O2S. The molecule has 0 aromatic carbocycles. The monoisotopic (exact) mass is 503 g/mol. The van der Waals surface area contributed by atoms with Gasteiger partial charge in [-0.3, -0.25) is 9.79 Å². The Labute approximate surface area is 201 Å². The number of carbonyl (C=O) groups is 1. The maximum absolute atomic E-state index is 15.1. The molecule has 34 heavy (non-hydrogen) atoms. The predicted octanol–water partition coefficient (Wildman–Crippen LogP) is 3.39. The highest BCUT2D eigenvalue weighted by atomic mass is 35.5. The lowest BCUT2D eigenvalue weighted by Crippen LogP contribution is -2.60. The summed E-state index contributed by atoms with van der Waals surface area (Å²) in [5, 5.41) is 10.9. The summed E-state index contributed by atoms with van der Waals surface area (Å²) in [6.07, 6.45) is 2.42. The zero-order valence-electron chi connectivity index (χ0n) is 18.8. The van der Waals surface area contributed by atoms with Crippen molar-refractivity contribution in [2.75, 3.05) is 11.9 Å². The summed E-state index contributed by atoms with van der Waals surface area (Å²) in [6, 6.07) is 5.65. The van der Waals surface area contributed by atoms with Crippen molar-refractivity contribution < 1.29 is 13.4 Å². The maximum atomic E-state index is 15.1. The van der Waals surface area contributed by atoms with Gasteiger partial charge in [0.1, 0.15) is 45.2 Å². The molecule has 3 atom stereocenters. The van der Waals surface area contributed by atoms with E-state index in [2.05, 4.69) is 24.6 Å². The summed E-state index contributed by atoms with van der Waals surface area (Å²) in [7, 11) is -2.90. The first-order valence-electron chi connectivity index (χ1n) is 10.5. The van der Waals surface area contributed by atoms with Crippen molar-refractivity contribution >= 4 is 38.9 Å². The highest BCUT2D eigenvalue weighted by Gasteiger charge is 2.56. The van der Waals surface area contributed by atoms with Crippen LogP contribution in [0.1, 0.15) is 55.4 Å². The number of hydrogen-bond acceptors (Lipinski definition) is 8. The van der Waals surface area contributed by atoms with Crippen LogP contribution in [-0.2, 0) is 15.3 Å². The second-order valence-corrected chi connectivity index (χ2v) is 12.2. The van der Waals surface area contributed by atoms with Gasteiger partial charge in [0.2, 0.25) is 0 Å². The third kappa shape index (κ3) is 3.61. The standard InChI is InChI=1S/C22H23ClFN7O2S/c1-21(2)20(26)31-22(3,15-5-4-8-28-34(15,21)33)18-14(24)6-7-16(29-18)30-19(32)17-13(23)9-12(10-25)11-27-17/h6-7,9,11,15H,4-5,8H2,1-3H3,(H2,26,31)(H,29,30,32)/t15-,22+,34+/m1/s1. The Balaban J connectivity index is 1.77. The molecule has 2 aromatic heterocycles. The number of carbonyl (C=O) groups excluding carboxylic acids is 1. The van der Waals surface area contributed by atoms with Gasteiger partial charge in [-0.1, -0.05) is 11.6 Å². The molecule has 4 heterocycles. The number of aliphatic imine (C=N–C) groups is 1. The molecule has 9 nitrogen and oxygen atoms in total. The SMILES string of the molecule is CC1(C)C(N)=N[C@](C)(c2nc(NC(=O)c3ncc(C#N)cc3Cl)ccc2F)[C@H]2CCCN=[S@]21=O. The van der Waals surface area contributed by atoms with E-state index in [1.807, 2.05) is 6.07 Å². The topological polar surface area (TPSA) is 146 Å². The average molecular weight is 504 g/mol. The summed E-state index contributed by atoms with van der Waals surface area (Å²) in [6.45, 7) is 5.57. The van der Waals surface area contributed by atoms with E-state index in [-0.39, 0.29) is 33.6 Å². The number of amides is 1. The number of halogens is 2. The van der Waals surface area contributed by atoms with Gasteiger partial charge in [0.15, 0.2) is 0 Å². The molecule has 0 saturated heterocycles. The lowest BCUT2D eigenvalue weighted by atomic mass is 9.89. The fourth-order valence-corrected chi connectivity index (χ4v) is 7.84. The molecule has 0 bridgehead atoms. The lowest BCUT2D eigenvalue weighted by molar-refractivity contribution is 0.102. The lowest BCUT2D eigenvalue weighted by Gasteiger charge is -2.47. The quantitative estimate of drug-likeness (QED) is 0.656. The van der Waals surface area contributed by atoms with Gasteiger partial charge in [0, 0.05) is 12.7 Å². The molecule has 2 aromatic rings. The van der Waals surface area contributed by atoms with E-state index in [0.29, 0.717) is 19.4 Å². The van der Waals surface area contributed by atoms with Crippen LogP contribution in [-0.4, -0.2) is 42.5 Å². The van der Waals surface area contributed by atoms with Gasteiger partial charge in [-0.2, -0.15) is 5.26 Å². The fourth-order valence-electron chi connectivity index (χ4n) is 4.36. The van der Waals surface area contributed by atoms with E-state index in [4.69, 9.17) is 22.6 Å². The molecular weight excluding hydrogens is 481 g/mol. The Morgan fingerprint density at radius 1 is 1.38 bits per heavy atom. The summed E-state index contributed by atoms with van der Waals surface area (Å²) in [4.78, 5) is 25.6. The van der Waals surface area contributed by atoms with Gasteiger partial charge in [-0.25, -0.2) is 22.9 Å². The van der Waals surface area contributed by atoms with E-state index in [1.54, 1.807) is 20.8 Å². The molecule has 0 radical (unpaired) electrons. The van der Waals surface area contributed by atoms with Gasteiger partial charge in [-0.15, -0.1) is 0 Å². The van der Waals surface area contributed by atoms with E-state index in [9.17, 15) is 9.00 Å². The minimum absolute atomic E-state index is 0.0127. The number of nitriles is 1. The number of pyridine rings is 2. The third-order valence-electron chi connectivity index (χ3n) is 6.37. The molecule has 12 heteroatoms. The minimum atomic E-state index is -2.90. The molecule has 4 rings (SSSR count). The van der Waals surface area contributed by atoms with Crippen LogP contribution in [0.5, 0.6) is 0 Å². The number of nitrogens with one attached hydrogen (secondary N) is 1. The normalized spacial score (nSPS) is 27.5. The average Bonchev–Trinajstić information content (AvgIpc) is 2.79. The molecule has 2 aliphatic heterocycles. The second-order valence-electron chi connectivity index (χ2n) is 8.85. The highest BCUT2D eigenvalue weighted by molar-refractivity contribution is 7.96. The predicted molar refractivity (Wildman–Crippen MR) is 128 cm³/mol. The summed E-state index contributed by atoms with van der Waals surface area (Å²) >= 11 is 6.08. The van der Waals surface area contributed by atoms with Crippen LogP contribution in [0.3, 0.4) is 0 Å². The molecule has 0 spiro atoms. The first-order chi connectivity index (χ1) is 15.9. The zero-order chi connectivity index (χ0) is 24.9. The number of aromatic nitrogens is 2. The summed E-state index contributed by atoms with van der Waals surface area (Å²) in [5.74, 6) is -1.21. The van der Waals surface area contributed by atoms with Gasteiger partial charge in [-0.05, 0) is 51.8 Å². The number of nitrogens with zero attached hydrogens (tertiary/aromatic N) is 5. The first-order valence-corrected chi connectivity index (χ1v) is 12.5. The number of nitrogens with two attached hydrogens (primary N) is 1. The number of hydrogen-bond donors (Lipinski definition) is 2. The third-order valence-corrected chi connectivity index (χ3v) is 10.4. The molecule has 3 N–H and O–H groups in total. The van der Waals surface area contributed by atoms with Gasteiger partial charge in [0.05, 0.1) is 25.6 Å². The molecule has 1 amide bonds. The van der Waals surface area contributed by atoms with E-state index in [1.165, 1.54) is 18.3 Å². The number of anilines is 1. The Kier molecular flexibility index (Phi) is 5.86. The van der Waals surface area contributed by atoms with Crippen LogP contribution >= 0.6 is 11.6 Å². The van der Waals surface area contributed by atoms with Crippen LogP contribution in [0.2, 0.25) is 5.02 Å². The van der Waals surface area contributed by atoms with Crippen LogP contribution in [0.4, 0.5) is 10.2 Å². The minimum Gasteiger partial charge on any atom is -0.386 e. The van der Waals surface area contributed by atoms with Gasteiger partial charge >= 0.3 is 0 Å². The molecule has 0 saturated carbocycles. The van der Waals surface area contributed by atoms with Crippen LogP contribution in [0, 0.1) is 17.1 Å². The second kappa shape index (κ2) is 8.29. The highest BCUT2D eigenvalue weighted by Crippen LogP contribution is 2.46. The molecule has 178 valence electrons. The smallest absolute Gasteiger partial charge is 0.276 e. The number of amidine groups is 1. The molecule has 2 aliphatic rings. The van der Waals surface area contributed by atoms with E-state index < -0.39 is 37.0 Å². The van der Waals surface area contributed by atoms with Crippen LogP contribution < -0.4 is 11.1 Å². The molecule has 0 fully saturated rings. The van der Waals surface area contributed by atoms with Crippen molar-refractivity contribution in [3.63, 3.8) is 0 Å². The fraction of sp³-hybridized carbons (Fsp3) is 0.409. The van der Waals surface area contributed by atoms with Crippen molar-refractivity contribution in [2.45, 2.75) is 49.1 Å². The van der Waals surface area contributed by atoms with Crippen molar-refractivity contribution in [1.29, 1.82) is 5.26 Å². The summed E-state index contributed by atoms with van der Waals surface area (Å²) in [5.41, 5.74) is 4.90. The number of rotatable bonds is 3. The molecule has 0 unspecified atom stereocenters. The van der Waals surface area contributed by atoms with Gasteiger partial charge < -0.3 is 11.1 Å². The largest absolute Gasteiger partial charge is 0.386 e. The Bertz CT molecular complexity index is 1390. The van der Waals surface area contributed by atoms with Crippen molar-refractivity contribution in [2.24, 2.45) is 15.1 Å². The van der Waals surface area contributed by atoms with Crippen molar-refractivity contribution in [3.8, 4) is 6.07 Å². The Morgan fingerprint density at radius 2 is 2.12 bits per heavy atom. The van der Waals surface area contributed by atoms with Crippen LogP contribution in [0.25, 0.3) is 0 Å². The Hall–Kier alpha value is -3.10. The van der Waals surface area contributed by atoms with Gasteiger partial charge in [0.25, 0.3) is 5.91 Å². The Morgan fingerprint density at radius 3 is 2.79 bits per heavy atom. The van der Waals surface area contributed by atoms with E-state index >= 15 is 4.39 Å². The van der Waals surface area contributed by atoms with Crippen molar-refractivity contribution in [3.05, 3.63) is 52.2 Å². The molecule has 0 aliphatic carbocycles. The number of fused-ring (bicyclic) bond motifs is 1. The maximum Gasteiger partial charge on any atom is 0.276 e. The summed E-state index contributed by atoms with van der Waals surface area (Å²) < 4.78 is 32.7. The first kappa shape index (κ1) is 24.0. The van der Waals surface area contributed by atoms with Crippen molar-refractivity contribution in [1.82, 2.24) is 9.97 Å². The van der Waals surface area contributed by atoms with Crippen LogP contribution in [0.15, 0.2) is 33.8 Å². The zero-order valence-corrected chi connectivity index (χ0v) is 20.4. The van der Waals surface area contributed by atoms with E-state index in [0.717, 1.165) is 6.07 Å².